The van der Waals surface area contributed by atoms with Gasteiger partial charge in [0.2, 0.25) is 5.91 Å². The highest BCUT2D eigenvalue weighted by molar-refractivity contribution is 7.10. The lowest BCUT2D eigenvalue weighted by Crippen LogP contribution is -2.47. The molecule has 2 heterocycles. The van der Waals surface area contributed by atoms with E-state index in [1.54, 1.807) is 0 Å². The van der Waals surface area contributed by atoms with E-state index in [-0.39, 0.29) is 5.91 Å². The second-order valence-corrected chi connectivity index (χ2v) is 4.79. The molecule has 1 aliphatic heterocycles. The topological polar surface area (TPSA) is 70.2 Å². The van der Waals surface area contributed by atoms with Gasteiger partial charge in [0.15, 0.2) is 0 Å². The Hall–Kier alpha value is -1.21. The number of aromatic nitrogens is 2. The number of piperazine rings is 1. The Morgan fingerprint density at radius 3 is 3.24 bits per heavy atom. The molecule has 1 saturated heterocycles. The number of hydrogen-bond acceptors (Lipinski definition) is 6. The van der Waals surface area contributed by atoms with Crippen molar-refractivity contribution in [3.8, 4) is 0 Å². The number of hydrogen-bond donors (Lipinski definition) is 2. The largest absolute Gasteiger partial charge is 0.374 e. The Morgan fingerprint density at radius 1 is 1.59 bits per heavy atom. The molecule has 2 N–H and O–H groups in total. The average Bonchev–Trinajstić information content (AvgIpc) is 2.74. The Bertz CT molecular complexity index is 381. The molecule has 0 spiro atoms. The van der Waals surface area contributed by atoms with Crippen LogP contribution in [0.2, 0.25) is 0 Å². The van der Waals surface area contributed by atoms with Gasteiger partial charge in [-0.25, -0.2) is 0 Å². The Labute approximate surface area is 105 Å². The van der Waals surface area contributed by atoms with Gasteiger partial charge in [0, 0.05) is 37.7 Å². The van der Waals surface area contributed by atoms with Gasteiger partial charge in [0.1, 0.15) is 10.7 Å². The van der Waals surface area contributed by atoms with Crippen molar-refractivity contribution in [2.75, 3.05) is 31.5 Å². The summed E-state index contributed by atoms with van der Waals surface area (Å²) in [6, 6.07) is 0. The molecule has 17 heavy (non-hydrogen) atoms. The van der Waals surface area contributed by atoms with Gasteiger partial charge in [0.25, 0.3) is 0 Å². The van der Waals surface area contributed by atoms with E-state index in [1.807, 2.05) is 0 Å². The number of nitrogens with one attached hydrogen (secondary N) is 2. The van der Waals surface area contributed by atoms with Crippen LogP contribution < -0.4 is 10.6 Å². The summed E-state index contributed by atoms with van der Waals surface area (Å²) in [5, 5.41) is 11.3. The van der Waals surface area contributed by atoms with Crippen LogP contribution in [0.15, 0.2) is 0 Å². The number of carbonyl (C=O) groups is 1. The molecule has 0 saturated carbocycles. The summed E-state index contributed by atoms with van der Waals surface area (Å²) in [4.78, 5) is 13.3. The quantitative estimate of drug-likeness (QED) is 0.791. The van der Waals surface area contributed by atoms with Crippen molar-refractivity contribution in [2.45, 2.75) is 19.9 Å². The lowest BCUT2D eigenvalue weighted by molar-refractivity contribution is -0.124. The molecule has 1 amide bonds. The second kappa shape index (κ2) is 5.92. The molecule has 2 rings (SSSR count). The maximum atomic E-state index is 11.3. The van der Waals surface area contributed by atoms with Crippen molar-refractivity contribution in [1.82, 2.24) is 19.8 Å². The van der Waals surface area contributed by atoms with E-state index in [0.717, 1.165) is 30.2 Å². The van der Waals surface area contributed by atoms with Crippen LogP contribution in [0, 0.1) is 0 Å². The fourth-order valence-corrected chi connectivity index (χ4v) is 2.32. The molecular formula is C10H17N5OS. The highest BCUT2D eigenvalue weighted by atomic mass is 32.1. The van der Waals surface area contributed by atoms with Gasteiger partial charge in [-0.2, -0.15) is 0 Å². The van der Waals surface area contributed by atoms with Crippen molar-refractivity contribution in [1.29, 1.82) is 0 Å². The predicted molar refractivity (Wildman–Crippen MR) is 67.0 cm³/mol. The minimum atomic E-state index is 0.0857. The first-order chi connectivity index (χ1) is 8.29. The molecular weight excluding hydrogens is 238 g/mol. The lowest BCUT2D eigenvalue weighted by atomic mass is 10.3. The summed E-state index contributed by atoms with van der Waals surface area (Å²) < 4.78 is 3.96. The SMILES string of the molecule is CCCNc1snnc1CN1CCNC(=O)C1. The van der Waals surface area contributed by atoms with Gasteiger partial charge in [-0.1, -0.05) is 11.4 Å². The first-order valence-corrected chi connectivity index (χ1v) is 6.61. The molecule has 0 atom stereocenters. The zero-order valence-corrected chi connectivity index (χ0v) is 10.7. The second-order valence-electron chi connectivity index (χ2n) is 4.04. The molecule has 7 heteroatoms. The van der Waals surface area contributed by atoms with Crippen molar-refractivity contribution in [2.24, 2.45) is 0 Å². The minimum absolute atomic E-state index is 0.0857. The maximum absolute atomic E-state index is 11.3. The molecule has 1 aliphatic rings. The van der Waals surface area contributed by atoms with E-state index >= 15 is 0 Å². The van der Waals surface area contributed by atoms with Crippen molar-refractivity contribution < 1.29 is 4.79 Å². The zero-order valence-electron chi connectivity index (χ0n) is 9.90. The van der Waals surface area contributed by atoms with E-state index in [9.17, 15) is 4.79 Å². The summed E-state index contributed by atoms with van der Waals surface area (Å²) in [7, 11) is 0. The maximum Gasteiger partial charge on any atom is 0.234 e. The number of anilines is 1. The lowest BCUT2D eigenvalue weighted by Gasteiger charge is -2.25. The van der Waals surface area contributed by atoms with Crippen LogP contribution >= 0.6 is 11.5 Å². The van der Waals surface area contributed by atoms with Crippen LogP contribution in [0.25, 0.3) is 0 Å². The third-order valence-corrected chi connectivity index (χ3v) is 3.31. The molecule has 0 aliphatic carbocycles. The van der Waals surface area contributed by atoms with Crippen LogP contribution in [0.5, 0.6) is 0 Å². The van der Waals surface area contributed by atoms with E-state index < -0.39 is 0 Å². The average molecular weight is 255 g/mol. The monoisotopic (exact) mass is 255 g/mol. The smallest absolute Gasteiger partial charge is 0.234 e. The van der Waals surface area contributed by atoms with Crippen LogP contribution in [0.1, 0.15) is 19.0 Å². The zero-order chi connectivity index (χ0) is 12.1. The Morgan fingerprint density at radius 2 is 2.47 bits per heavy atom. The van der Waals surface area contributed by atoms with Crippen LogP contribution in [0.3, 0.4) is 0 Å². The van der Waals surface area contributed by atoms with E-state index in [0.29, 0.717) is 19.6 Å². The molecule has 1 aromatic rings. The molecule has 1 aromatic heterocycles. The summed E-state index contributed by atoms with van der Waals surface area (Å²) in [5.74, 6) is 0.0857. The van der Waals surface area contributed by atoms with E-state index in [2.05, 4.69) is 32.0 Å². The third kappa shape index (κ3) is 3.37. The standard InChI is InChI=1S/C10H17N5OS/c1-2-3-12-10-8(13-14-17-10)6-15-5-4-11-9(16)7-15/h12H,2-7H2,1H3,(H,11,16). The van der Waals surface area contributed by atoms with E-state index in [1.165, 1.54) is 11.5 Å². The Balaban J connectivity index is 1.93. The van der Waals surface area contributed by atoms with Crippen LogP contribution in [-0.2, 0) is 11.3 Å². The summed E-state index contributed by atoms with van der Waals surface area (Å²) in [6.45, 7) is 5.78. The van der Waals surface area contributed by atoms with Gasteiger partial charge in [-0.3, -0.25) is 9.69 Å². The van der Waals surface area contributed by atoms with E-state index in [4.69, 9.17) is 0 Å². The third-order valence-electron chi connectivity index (χ3n) is 2.58. The molecule has 0 unspecified atom stereocenters. The highest BCUT2D eigenvalue weighted by Gasteiger charge is 2.18. The van der Waals surface area contributed by atoms with Crippen LogP contribution in [-0.4, -0.2) is 46.6 Å². The highest BCUT2D eigenvalue weighted by Crippen LogP contribution is 2.19. The van der Waals surface area contributed by atoms with Gasteiger partial charge >= 0.3 is 0 Å². The first kappa shape index (κ1) is 12.3. The van der Waals surface area contributed by atoms with Gasteiger partial charge in [-0.15, -0.1) is 5.10 Å². The number of carbonyl (C=O) groups excluding carboxylic acids is 1. The first-order valence-electron chi connectivity index (χ1n) is 5.83. The molecule has 0 aromatic carbocycles. The number of nitrogens with zero attached hydrogens (tertiary/aromatic N) is 3. The molecule has 1 fully saturated rings. The van der Waals surface area contributed by atoms with Crippen LogP contribution in [0.4, 0.5) is 5.00 Å². The van der Waals surface area contributed by atoms with Crippen molar-refractivity contribution in [3.05, 3.63) is 5.69 Å². The summed E-state index contributed by atoms with van der Waals surface area (Å²) >= 11 is 1.38. The van der Waals surface area contributed by atoms with Crippen molar-refractivity contribution in [3.63, 3.8) is 0 Å². The van der Waals surface area contributed by atoms with Gasteiger partial charge < -0.3 is 10.6 Å². The molecule has 94 valence electrons. The summed E-state index contributed by atoms with van der Waals surface area (Å²) in [5.41, 5.74) is 0.943. The number of rotatable bonds is 5. The number of amides is 1. The van der Waals surface area contributed by atoms with Crippen molar-refractivity contribution >= 4 is 22.4 Å². The normalized spacial score (nSPS) is 16.9. The Kier molecular flexibility index (Phi) is 4.27. The molecule has 6 nitrogen and oxygen atoms in total. The summed E-state index contributed by atoms with van der Waals surface area (Å²) in [6.07, 6.45) is 1.07. The molecule has 0 radical (unpaired) electrons. The predicted octanol–water partition coefficient (Wildman–Crippen LogP) is 0.292. The van der Waals surface area contributed by atoms with Gasteiger partial charge in [0.05, 0.1) is 6.54 Å². The fraction of sp³-hybridized carbons (Fsp3) is 0.700. The van der Waals surface area contributed by atoms with Gasteiger partial charge in [-0.05, 0) is 6.42 Å². The molecule has 0 bridgehead atoms. The minimum Gasteiger partial charge on any atom is -0.374 e. The fourth-order valence-electron chi connectivity index (χ4n) is 1.72.